The van der Waals surface area contributed by atoms with Gasteiger partial charge in [0.05, 0.1) is 6.54 Å². The van der Waals surface area contributed by atoms with E-state index in [-0.39, 0.29) is 18.5 Å². The quantitative estimate of drug-likeness (QED) is 0.681. The highest BCUT2D eigenvalue weighted by Gasteiger charge is 2.16. The van der Waals surface area contributed by atoms with Crippen LogP contribution in [0.15, 0.2) is 48.5 Å². The van der Waals surface area contributed by atoms with Gasteiger partial charge < -0.3 is 16.4 Å². The number of benzene rings is 2. The third-order valence-electron chi connectivity index (χ3n) is 4.35. The molecule has 0 aliphatic rings. The Labute approximate surface area is 155 Å². The minimum Gasteiger partial charge on any atom is -0.366 e. The molecule has 2 amide bonds. The monoisotopic (exact) mass is 353 g/mol. The van der Waals surface area contributed by atoms with Crippen LogP contribution in [0.4, 0.5) is 5.69 Å². The summed E-state index contributed by atoms with van der Waals surface area (Å²) in [5.41, 5.74) is 8.74. The summed E-state index contributed by atoms with van der Waals surface area (Å²) in [5.74, 6) is -0.267. The van der Waals surface area contributed by atoms with Crippen LogP contribution in [0, 0.1) is 5.92 Å². The van der Waals surface area contributed by atoms with Gasteiger partial charge in [-0.3, -0.25) is 9.59 Å². The van der Waals surface area contributed by atoms with Crippen LogP contribution in [0.1, 0.15) is 48.3 Å². The van der Waals surface area contributed by atoms with Crippen molar-refractivity contribution in [2.75, 3.05) is 11.9 Å². The second-order valence-electron chi connectivity index (χ2n) is 6.69. The number of anilines is 1. The maximum Gasteiger partial charge on any atom is 0.248 e. The van der Waals surface area contributed by atoms with Gasteiger partial charge in [-0.15, -0.1) is 0 Å². The largest absolute Gasteiger partial charge is 0.366 e. The van der Waals surface area contributed by atoms with Crippen molar-refractivity contribution < 1.29 is 9.59 Å². The van der Waals surface area contributed by atoms with Crippen LogP contribution in [-0.2, 0) is 11.2 Å². The first-order chi connectivity index (χ1) is 12.4. The zero-order valence-electron chi connectivity index (χ0n) is 15.6. The van der Waals surface area contributed by atoms with E-state index in [9.17, 15) is 9.59 Å². The van der Waals surface area contributed by atoms with E-state index < -0.39 is 5.91 Å². The van der Waals surface area contributed by atoms with E-state index in [4.69, 9.17) is 5.73 Å². The Morgan fingerprint density at radius 1 is 1.00 bits per heavy atom. The molecule has 0 heterocycles. The number of hydrogen-bond donors (Lipinski definition) is 3. The smallest absolute Gasteiger partial charge is 0.248 e. The van der Waals surface area contributed by atoms with Gasteiger partial charge in [-0.25, -0.2) is 0 Å². The number of primary amides is 1. The first-order valence-corrected chi connectivity index (χ1v) is 8.92. The van der Waals surface area contributed by atoms with Gasteiger partial charge in [0.2, 0.25) is 11.8 Å². The molecule has 0 fully saturated rings. The molecule has 0 radical (unpaired) electrons. The van der Waals surface area contributed by atoms with Gasteiger partial charge in [-0.2, -0.15) is 0 Å². The Morgan fingerprint density at radius 3 is 2.12 bits per heavy atom. The van der Waals surface area contributed by atoms with E-state index in [2.05, 4.69) is 55.7 Å². The maximum absolute atomic E-state index is 12.2. The molecule has 2 rings (SSSR count). The van der Waals surface area contributed by atoms with Gasteiger partial charge in [0.15, 0.2) is 0 Å². The SMILES string of the molecule is CCc1ccc([C@@H](NCC(=O)Nc2ccc(C(N)=O)cc2)C(C)C)cc1. The number of carbonyl (C=O) groups excluding carboxylic acids is 2. The molecule has 0 bridgehead atoms. The Morgan fingerprint density at radius 2 is 1.62 bits per heavy atom. The van der Waals surface area contributed by atoms with Gasteiger partial charge in [0, 0.05) is 17.3 Å². The van der Waals surface area contributed by atoms with Gasteiger partial charge in [0.25, 0.3) is 0 Å². The number of hydrogen-bond acceptors (Lipinski definition) is 3. The van der Waals surface area contributed by atoms with Crippen molar-refractivity contribution in [3.63, 3.8) is 0 Å². The topological polar surface area (TPSA) is 84.2 Å². The second kappa shape index (κ2) is 9.15. The fourth-order valence-electron chi connectivity index (χ4n) is 2.82. The Bertz CT molecular complexity index is 737. The first-order valence-electron chi connectivity index (χ1n) is 8.92. The summed E-state index contributed by atoms with van der Waals surface area (Å²) in [6.45, 7) is 6.60. The lowest BCUT2D eigenvalue weighted by molar-refractivity contribution is -0.115. The fraction of sp³-hybridized carbons (Fsp3) is 0.333. The van der Waals surface area contributed by atoms with Crippen LogP contribution in [0.5, 0.6) is 0 Å². The van der Waals surface area contributed by atoms with Gasteiger partial charge in [-0.05, 0) is 47.7 Å². The molecule has 0 unspecified atom stereocenters. The third kappa shape index (κ3) is 5.43. The lowest BCUT2D eigenvalue weighted by atomic mass is 9.95. The highest BCUT2D eigenvalue weighted by molar-refractivity contribution is 5.95. The molecule has 1 atom stereocenters. The van der Waals surface area contributed by atoms with Crippen molar-refractivity contribution in [2.24, 2.45) is 11.7 Å². The van der Waals surface area contributed by atoms with E-state index in [0.717, 1.165) is 6.42 Å². The minimum atomic E-state index is -0.488. The molecular formula is C21H27N3O2. The molecule has 5 heteroatoms. The number of aryl methyl sites for hydroxylation is 1. The summed E-state index contributed by atoms with van der Waals surface area (Å²) in [4.78, 5) is 23.3. The summed E-state index contributed by atoms with van der Waals surface area (Å²) >= 11 is 0. The zero-order chi connectivity index (χ0) is 19.1. The summed E-state index contributed by atoms with van der Waals surface area (Å²) in [6.07, 6.45) is 1.01. The molecule has 0 aliphatic heterocycles. The lowest BCUT2D eigenvalue weighted by Crippen LogP contribution is -2.33. The Balaban J connectivity index is 1.95. The molecule has 5 nitrogen and oxygen atoms in total. The molecule has 0 aliphatic carbocycles. The van der Waals surface area contributed by atoms with Crippen LogP contribution < -0.4 is 16.4 Å². The molecule has 26 heavy (non-hydrogen) atoms. The molecule has 2 aromatic rings. The molecule has 0 saturated carbocycles. The normalized spacial score (nSPS) is 12.0. The number of nitrogens with two attached hydrogens (primary N) is 1. The summed E-state index contributed by atoms with van der Waals surface area (Å²) in [7, 11) is 0. The van der Waals surface area contributed by atoms with E-state index in [1.54, 1.807) is 24.3 Å². The van der Waals surface area contributed by atoms with Crippen molar-refractivity contribution >= 4 is 17.5 Å². The maximum atomic E-state index is 12.2. The van der Waals surface area contributed by atoms with E-state index in [1.165, 1.54) is 11.1 Å². The predicted molar refractivity (Wildman–Crippen MR) is 105 cm³/mol. The highest BCUT2D eigenvalue weighted by Crippen LogP contribution is 2.22. The minimum absolute atomic E-state index is 0.101. The van der Waals surface area contributed by atoms with Gasteiger partial charge in [-0.1, -0.05) is 45.0 Å². The van der Waals surface area contributed by atoms with Crippen molar-refractivity contribution in [3.8, 4) is 0 Å². The molecule has 4 N–H and O–H groups in total. The number of carbonyl (C=O) groups is 2. The number of rotatable bonds is 8. The van der Waals surface area contributed by atoms with E-state index in [0.29, 0.717) is 17.2 Å². The zero-order valence-corrected chi connectivity index (χ0v) is 15.6. The second-order valence-corrected chi connectivity index (χ2v) is 6.69. The fourth-order valence-corrected chi connectivity index (χ4v) is 2.82. The molecule has 138 valence electrons. The average molecular weight is 353 g/mol. The molecule has 2 aromatic carbocycles. The highest BCUT2D eigenvalue weighted by atomic mass is 16.2. The van der Waals surface area contributed by atoms with Crippen LogP contribution in [0.25, 0.3) is 0 Å². The Hall–Kier alpha value is -2.66. The van der Waals surface area contributed by atoms with E-state index >= 15 is 0 Å². The van der Waals surface area contributed by atoms with Crippen LogP contribution in [0.2, 0.25) is 0 Å². The van der Waals surface area contributed by atoms with Gasteiger partial charge in [0.1, 0.15) is 0 Å². The molecule has 0 aromatic heterocycles. The summed E-state index contributed by atoms with van der Waals surface area (Å²) in [6, 6.07) is 15.1. The van der Waals surface area contributed by atoms with Crippen molar-refractivity contribution in [3.05, 3.63) is 65.2 Å². The molecule has 0 spiro atoms. The first kappa shape index (κ1) is 19.7. The molecular weight excluding hydrogens is 326 g/mol. The third-order valence-corrected chi connectivity index (χ3v) is 4.35. The predicted octanol–water partition coefficient (Wildman–Crippen LogP) is 3.27. The van der Waals surface area contributed by atoms with Crippen molar-refractivity contribution in [1.29, 1.82) is 0 Å². The van der Waals surface area contributed by atoms with Crippen LogP contribution in [-0.4, -0.2) is 18.4 Å². The lowest BCUT2D eigenvalue weighted by Gasteiger charge is -2.23. The average Bonchev–Trinajstić information content (AvgIpc) is 2.62. The van der Waals surface area contributed by atoms with Gasteiger partial charge >= 0.3 is 0 Å². The Kier molecular flexibility index (Phi) is 6.92. The summed E-state index contributed by atoms with van der Waals surface area (Å²) in [5, 5.41) is 6.15. The number of amides is 2. The summed E-state index contributed by atoms with van der Waals surface area (Å²) < 4.78 is 0. The standard InChI is InChI=1S/C21H27N3O2/c1-4-15-5-7-16(8-6-15)20(14(2)3)23-13-19(25)24-18-11-9-17(10-12-18)21(22)26/h5-12,14,20,23H,4,13H2,1-3H3,(H2,22,26)(H,24,25)/t20-/m0/s1. The van der Waals surface area contributed by atoms with E-state index in [1.807, 2.05) is 0 Å². The van der Waals surface area contributed by atoms with Crippen LogP contribution >= 0.6 is 0 Å². The van der Waals surface area contributed by atoms with Crippen LogP contribution in [0.3, 0.4) is 0 Å². The van der Waals surface area contributed by atoms with Crippen molar-refractivity contribution in [2.45, 2.75) is 33.2 Å². The molecule has 0 saturated heterocycles. The van der Waals surface area contributed by atoms with Crippen molar-refractivity contribution in [1.82, 2.24) is 5.32 Å². The number of nitrogens with one attached hydrogen (secondary N) is 2.